The maximum Gasteiger partial charge on any atom is 0.133 e. The molecule has 0 bridgehead atoms. The maximum absolute atomic E-state index is 5.54. The lowest BCUT2D eigenvalue weighted by molar-refractivity contribution is 0.634. The van der Waals surface area contributed by atoms with Gasteiger partial charge in [0, 0.05) is 39.8 Å². The van der Waals surface area contributed by atoms with Gasteiger partial charge in [0.1, 0.15) is 18.0 Å². The number of rotatable bonds is 6. The van der Waals surface area contributed by atoms with Crippen molar-refractivity contribution in [3.8, 4) is 0 Å². The summed E-state index contributed by atoms with van der Waals surface area (Å²) in [6.07, 6.45) is 1.61. The summed E-state index contributed by atoms with van der Waals surface area (Å²) in [7, 11) is 4.04. The zero-order valence-electron chi connectivity index (χ0n) is 11.2. The van der Waals surface area contributed by atoms with E-state index in [1.165, 1.54) is 0 Å². The molecule has 1 aromatic rings. The van der Waals surface area contributed by atoms with Gasteiger partial charge in [-0.3, -0.25) is 0 Å². The number of nitrogens with zero attached hydrogens (tertiary/aromatic N) is 4. The highest BCUT2D eigenvalue weighted by Crippen LogP contribution is 2.16. The van der Waals surface area contributed by atoms with E-state index < -0.39 is 0 Å². The largest absolute Gasteiger partial charge is 0.359 e. The topological polar surface area (TPSA) is 58.3 Å². The lowest BCUT2D eigenvalue weighted by Gasteiger charge is -2.22. The fourth-order valence-corrected chi connectivity index (χ4v) is 1.70. The van der Waals surface area contributed by atoms with Crippen LogP contribution in [0.1, 0.15) is 13.8 Å². The van der Waals surface area contributed by atoms with E-state index in [-0.39, 0.29) is 0 Å². The Morgan fingerprint density at radius 3 is 2.29 bits per heavy atom. The fourth-order valence-electron chi connectivity index (χ4n) is 1.70. The van der Waals surface area contributed by atoms with Crippen LogP contribution in [-0.2, 0) is 0 Å². The van der Waals surface area contributed by atoms with Gasteiger partial charge in [0.15, 0.2) is 0 Å². The van der Waals surface area contributed by atoms with E-state index in [4.69, 9.17) is 5.73 Å². The monoisotopic (exact) mass is 237 g/mol. The summed E-state index contributed by atoms with van der Waals surface area (Å²) >= 11 is 0. The van der Waals surface area contributed by atoms with E-state index in [0.29, 0.717) is 12.5 Å². The van der Waals surface area contributed by atoms with Crippen LogP contribution >= 0.6 is 0 Å². The van der Waals surface area contributed by atoms with Crippen molar-refractivity contribution in [2.75, 3.05) is 43.5 Å². The second kappa shape index (κ2) is 6.39. The molecule has 0 aromatic carbocycles. The van der Waals surface area contributed by atoms with Gasteiger partial charge in [0.25, 0.3) is 0 Å². The molecule has 1 rings (SSSR count). The number of anilines is 2. The Balaban J connectivity index is 2.77. The quantitative estimate of drug-likeness (QED) is 0.798. The first-order valence-electron chi connectivity index (χ1n) is 5.99. The molecule has 2 N–H and O–H groups in total. The summed E-state index contributed by atoms with van der Waals surface area (Å²) < 4.78 is 0. The van der Waals surface area contributed by atoms with E-state index in [1.807, 2.05) is 18.0 Å². The van der Waals surface area contributed by atoms with Crippen molar-refractivity contribution in [2.45, 2.75) is 13.8 Å². The van der Waals surface area contributed by atoms with Gasteiger partial charge in [-0.2, -0.15) is 0 Å². The average Bonchev–Trinajstić information content (AvgIpc) is 2.28. The van der Waals surface area contributed by atoms with Crippen LogP contribution in [0.3, 0.4) is 0 Å². The first-order valence-corrected chi connectivity index (χ1v) is 5.99. The van der Waals surface area contributed by atoms with Crippen LogP contribution in [0.15, 0.2) is 12.4 Å². The van der Waals surface area contributed by atoms with Crippen LogP contribution in [0.2, 0.25) is 0 Å². The molecule has 0 atom stereocenters. The van der Waals surface area contributed by atoms with Gasteiger partial charge in [0.2, 0.25) is 0 Å². The molecule has 0 unspecified atom stereocenters. The van der Waals surface area contributed by atoms with Crippen molar-refractivity contribution < 1.29 is 0 Å². The second-order valence-electron chi connectivity index (χ2n) is 4.72. The van der Waals surface area contributed by atoms with Gasteiger partial charge in [-0.1, -0.05) is 13.8 Å². The molecule has 0 aliphatic rings. The molecular formula is C12H23N5. The van der Waals surface area contributed by atoms with Crippen molar-refractivity contribution in [3.63, 3.8) is 0 Å². The van der Waals surface area contributed by atoms with E-state index in [0.717, 1.165) is 24.7 Å². The lowest BCUT2D eigenvalue weighted by atomic mass is 10.2. The lowest BCUT2D eigenvalue weighted by Crippen LogP contribution is -2.27. The van der Waals surface area contributed by atoms with Crippen molar-refractivity contribution in [3.05, 3.63) is 12.4 Å². The predicted octanol–water partition coefficient (Wildman–Crippen LogP) is 0.964. The Morgan fingerprint density at radius 2 is 1.76 bits per heavy atom. The van der Waals surface area contributed by atoms with Crippen LogP contribution < -0.4 is 15.5 Å². The van der Waals surface area contributed by atoms with E-state index in [1.54, 1.807) is 6.33 Å². The number of likely N-dealkylation sites (N-methyl/N-ethyl adjacent to an activating group) is 1. The molecule has 0 radical (unpaired) electrons. The zero-order valence-corrected chi connectivity index (χ0v) is 11.2. The zero-order chi connectivity index (χ0) is 12.8. The van der Waals surface area contributed by atoms with Crippen molar-refractivity contribution in [2.24, 2.45) is 11.7 Å². The van der Waals surface area contributed by atoms with Gasteiger partial charge in [-0.25, -0.2) is 9.97 Å². The number of aromatic nitrogens is 2. The average molecular weight is 237 g/mol. The Labute approximate surface area is 104 Å². The first-order chi connectivity index (χ1) is 8.04. The summed E-state index contributed by atoms with van der Waals surface area (Å²) in [5.74, 6) is 2.48. The van der Waals surface area contributed by atoms with Crippen LogP contribution in [0, 0.1) is 5.92 Å². The van der Waals surface area contributed by atoms with Crippen LogP contribution in [0.5, 0.6) is 0 Å². The minimum absolute atomic E-state index is 0.611. The van der Waals surface area contributed by atoms with Crippen LogP contribution in [0.25, 0.3) is 0 Å². The molecule has 0 saturated heterocycles. The summed E-state index contributed by atoms with van der Waals surface area (Å²) in [4.78, 5) is 12.7. The molecule has 1 heterocycles. The minimum Gasteiger partial charge on any atom is -0.359 e. The van der Waals surface area contributed by atoms with Gasteiger partial charge in [0.05, 0.1) is 0 Å². The molecule has 0 saturated carbocycles. The highest BCUT2D eigenvalue weighted by atomic mass is 15.2. The van der Waals surface area contributed by atoms with E-state index in [9.17, 15) is 0 Å². The Morgan fingerprint density at radius 1 is 1.18 bits per heavy atom. The highest BCUT2D eigenvalue weighted by Gasteiger charge is 2.08. The summed E-state index contributed by atoms with van der Waals surface area (Å²) in [5.41, 5.74) is 5.54. The van der Waals surface area contributed by atoms with Gasteiger partial charge >= 0.3 is 0 Å². The standard InChI is InChI=1S/C12H23N5/c1-10(2)8-17(4)12-7-11(14-9-15-12)16(3)6-5-13/h7,9-10H,5-6,8,13H2,1-4H3. The molecule has 17 heavy (non-hydrogen) atoms. The molecule has 0 aliphatic heterocycles. The van der Waals surface area contributed by atoms with E-state index in [2.05, 4.69) is 35.8 Å². The Kier molecular flexibility index (Phi) is 5.15. The highest BCUT2D eigenvalue weighted by molar-refractivity contribution is 5.49. The van der Waals surface area contributed by atoms with Gasteiger partial charge in [-0.05, 0) is 5.92 Å². The fraction of sp³-hybridized carbons (Fsp3) is 0.667. The summed E-state index contributed by atoms with van der Waals surface area (Å²) in [6, 6.07) is 2.00. The molecule has 5 nitrogen and oxygen atoms in total. The third-order valence-corrected chi connectivity index (χ3v) is 2.52. The van der Waals surface area contributed by atoms with Gasteiger partial charge < -0.3 is 15.5 Å². The summed E-state index contributed by atoms with van der Waals surface area (Å²) in [5, 5.41) is 0. The normalized spacial score (nSPS) is 10.7. The van der Waals surface area contributed by atoms with Crippen molar-refractivity contribution in [1.29, 1.82) is 0 Å². The summed E-state index contributed by atoms with van der Waals surface area (Å²) in [6.45, 7) is 6.79. The molecule has 0 amide bonds. The Hall–Kier alpha value is -1.36. The van der Waals surface area contributed by atoms with Crippen LogP contribution in [0.4, 0.5) is 11.6 Å². The number of hydrogen-bond acceptors (Lipinski definition) is 5. The van der Waals surface area contributed by atoms with Crippen molar-refractivity contribution in [1.82, 2.24) is 9.97 Å². The van der Waals surface area contributed by atoms with Crippen molar-refractivity contribution >= 4 is 11.6 Å². The minimum atomic E-state index is 0.611. The number of hydrogen-bond donors (Lipinski definition) is 1. The third kappa shape index (κ3) is 4.19. The Bertz CT molecular complexity index is 339. The molecule has 0 aliphatic carbocycles. The molecule has 96 valence electrons. The molecular weight excluding hydrogens is 214 g/mol. The van der Waals surface area contributed by atoms with Gasteiger partial charge in [-0.15, -0.1) is 0 Å². The molecule has 1 aromatic heterocycles. The molecule has 0 spiro atoms. The third-order valence-electron chi connectivity index (χ3n) is 2.52. The maximum atomic E-state index is 5.54. The number of nitrogens with two attached hydrogens (primary N) is 1. The predicted molar refractivity (Wildman–Crippen MR) is 72.5 cm³/mol. The SMILES string of the molecule is CC(C)CN(C)c1cc(N(C)CCN)ncn1. The van der Waals surface area contributed by atoms with Crippen LogP contribution in [-0.4, -0.2) is 43.7 Å². The van der Waals surface area contributed by atoms with E-state index >= 15 is 0 Å². The smallest absolute Gasteiger partial charge is 0.133 e. The first kappa shape index (κ1) is 13.7. The molecule has 0 fully saturated rings. The molecule has 5 heteroatoms. The second-order valence-corrected chi connectivity index (χ2v) is 4.72.